The van der Waals surface area contributed by atoms with E-state index in [1.54, 1.807) is 0 Å². The molecule has 26 heavy (non-hydrogen) atoms. The molecule has 0 fully saturated rings. The van der Waals surface area contributed by atoms with Crippen LogP contribution in [0, 0.1) is 25.2 Å². The molecule has 0 aliphatic heterocycles. The highest BCUT2D eigenvalue weighted by Crippen LogP contribution is 2.26. The third-order valence-corrected chi connectivity index (χ3v) is 4.84. The molecule has 1 aromatic heterocycles. The summed E-state index contributed by atoms with van der Waals surface area (Å²) in [5.74, 6) is 2.30. The molecule has 5 nitrogen and oxygen atoms in total. The zero-order chi connectivity index (χ0) is 18.4. The topological polar surface area (TPSA) is 63.7 Å². The van der Waals surface area contributed by atoms with Gasteiger partial charge in [-0.05, 0) is 37.1 Å². The van der Waals surface area contributed by atoms with Crippen LogP contribution in [-0.4, -0.2) is 20.5 Å². The van der Waals surface area contributed by atoms with E-state index in [4.69, 9.17) is 10.00 Å². The molecule has 0 atom stereocenters. The number of rotatable bonds is 7. The van der Waals surface area contributed by atoms with Crippen LogP contribution in [0.5, 0.6) is 5.75 Å². The molecule has 2 aromatic carbocycles. The molecule has 3 rings (SSSR count). The van der Waals surface area contributed by atoms with Gasteiger partial charge in [0.15, 0.2) is 11.0 Å². The minimum atomic E-state index is 0.326. The van der Waals surface area contributed by atoms with E-state index in [1.165, 1.54) is 11.8 Å². The highest BCUT2D eigenvalue weighted by Gasteiger charge is 2.15. The van der Waals surface area contributed by atoms with Crippen LogP contribution in [0.4, 0.5) is 0 Å². The van der Waals surface area contributed by atoms with Crippen LogP contribution in [0.2, 0.25) is 0 Å². The predicted octanol–water partition coefficient (Wildman–Crippen LogP) is 4.47. The number of hydrogen-bond donors (Lipinski definition) is 0. The first-order valence-corrected chi connectivity index (χ1v) is 9.37. The Morgan fingerprint density at radius 1 is 1.04 bits per heavy atom. The Hall–Kier alpha value is -2.78. The lowest BCUT2D eigenvalue weighted by molar-refractivity contribution is 0.289. The van der Waals surface area contributed by atoms with Crippen LogP contribution in [0.25, 0.3) is 5.69 Å². The molecule has 0 saturated heterocycles. The van der Waals surface area contributed by atoms with Crippen LogP contribution in [0.3, 0.4) is 0 Å². The average molecular weight is 364 g/mol. The predicted molar refractivity (Wildman–Crippen MR) is 103 cm³/mol. The maximum Gasteiger partial charge on any atom is 0.195 e. The average Bonchev–Trinajstić information content (AvgIpc) is 3.05. The largest absolute Gasteiger partial charge is 0.485 e. The molecule has 3 aromatic rings. The standard InChI is InChI=1S/C20H20N4OS/c1-15-8-6-9-16(2)19(15)25-14-18-22-23-20(26-13-7-12-21)24(18)17-10-4-3-5-11-17/h3-6,8-11H,7,13-14H2,1-2H3. The molecular formula is C20H20N4OS. The quantitative estimate of drug-likeness (QED) is 0.457. The number of aryl methyl sites for hydroxylation is 2. The van der Waals surface area contributed by atoms with E-state index in [0.717, 1.165) is 33.5 Å². The first kappa shape index (κ1) is 18.0. The molecule has 0 unspecified atom stereocenters. The van der Waals surface area contributed by atoms with Crippen LogP contribution >= 0.6 is 11.8 Å². The SMILES string of the molecule is Cc1cccc(C)c1OCc1nnc(SCCC#N)n1-c1ccccc1. The minimum Gasteiger partial charge on any atom is -0.485 e. The summed E-state index contributed by atoms with van der Waals surface area (Å²) in [6, 6.07) is 18.2. The molecule has 0 saturated carbocycles. The number of nitriles is 1. The van der Waals surface area contributed by atoms with Gasteiger partial charge in [0.25, 0.3) is 0 Å². The van der Waals surface area contributed by atoms with Crippen molar-refractivity contribution < 1.29 is 4.74 Å². The third kappa shape index (κ3) is 4.06. The molecule has 0 bridgehead atoms. The maximum absolute atomic E-state index is 8.77. The summed E-state index contributed by atoms with van der Waals surface area (Å²) < 4.78 is 8.07. The maximum atomic E-state index is 8.77. The summed E-state index contributed by atoms with van der Waals surface area (Å²) in [5.41, 5.74) is 3.18. The third-order valence-electron chi connectivity index (χ3n) is 3.91. The molecule has 132 valence electrons. The molecule has 0 aliphatic carbocycles. The molecule has 0 spiro atoms. The van der Waals surface area contributed by atoms with E-state index in [-0.39, 0.29) is 0 Å². The van der Waals surface area contributed by atoms with Gasteiger partial charge in [0.2, 0.25) is 0 Å². The highest BCUT2D eigenvalue weighted by molar-refractivity contribution is 7.99. The zero-order valence-electron chi connectivity index (χ0n) is 14.8. The van der Waals surface area contributed by atoms with Gasteiger partial charge in [-0.2, -0.15) is 5.26 Å². The number of thioether (sulfide) groups is 1. The fourth-order valence-electron chi connectivity index (χ4n) is 2.68. The first-order valence-electron chi connectivity index (χ1n) is 8.39. The van der Waals surface area contributed by atoms with Crippen molar-refractivity contribution in [3.05, 3.63) is 65.5 Å². The van der Waals surface area contributed by atoms with Crippen molar-refractivity contribution in [1.29, 1.82) is 5.26 Å². The molecule has 0 N–H and O–H groups in total. The summed E-state index contributed by atoms with van der Waals surface area (Å²) in [6.07, 6.45) is 0.473. The molecule has 1 heterocycles. The molecule has 0 aliphatic rings. The Kier molecular flexibility index (Phi) is 5.92. The molecule has 0 radical (unpaired) electrons. The Bertz CT molecular complexity index is 895. The molecule has 6 heteroatoms. The fourth-order valence-corrected chi connectivity index (χ4v) is 3.49. The number of nitrogens with zero attached hydrogens (tertiary/aromatic N) is 4. The second-order valence-corrected chi connectivity index (χ2v) is 6.90. The summed E-state index contributed by atoms with van der Waals surface area (Å²) in [4.78, 5) is 0. The number of ether oxygens (including phenoxy) is 1. The second-order valence-electron chi connectivity index (χ2n) is 5.84. The fraction of sp³-hybridized carbons (Fsp3) is 0.250. The van der Waals surface area contributed by atoms with Crippen molar-refractivity contribution in [2.45, 2.75) is 32.0 Å². The lowest BCUT2D eigenvalue weighted by Gasteiger charge is -2.13. The summed E-state index contributed by atoms with van der Waals surface area (Å²) >= 11 is 1.53. The summed E-state index contributed by atoms with van der Waals surface area (Å²) in [5, 5.41) is 18.2. The summed E-state index contributed by atoms with van der Waals surface area (Å²) in [6.45, 7) is 4.40. The van der Waals surface area contributed by atoms with E-state index in [0.29, 0.717) is 18.8 Å². The monoisotopic (exact) mass is 364 g/mol. The van der Waals surface area contributed by atoms with Crippen LogP contribution in [-0.2, 0) is 6.61 Å². The zero-order valence-corrected chi connectivity index (χ0v) is 15.7. The van der Waals surface area contributed by atoms with Crippen molar-refractivity contribution in [1.82, 2.24) is 14.8 Å². The second kappa shape index (κ2) is 8.54. The van der Waals surface area contributed by atoms with Gasteiger partial charge in [-0.15, -0.1) is 10.2 Å². The van der Waals surface area contributed by atoms with Gasteiger partial charge < -0.3 is 4.74 Å². The number of para-hydroxylation sites is 2. The Morgan fingerprint density at radius 3 is 2.46 bits per heavy atom. The smallest absolute Gasteiger partial charge is 0.195 e. The van der Waals surface area contributed by atoms with Crippen molar-refractivity contribution in [2.24, 2.45) is 0 Å². The van der Waals surface area contributed by atoms with Crippen molar-refractivity contribution in [3.63, 3.8) is 0 Å². The van der Waals surface area contributed by atoms with Crippen LogP contribution in [0.1, 0.15) is 23.4 Å². The highest BCUT2D eigenvalue weighted by atomic mass is 32.2. The van der Waals surface area contributed by atoms with E-state index < -0.39 is 0 Å². The van der Waals surface area contributed by atoms with Gasteiger partial charge in [-0.3, -0.25) is 4.57 Å². The number of hydrogen-bond acceptors (Lipinski definition) is 5. The van der Waals surface area contributed by atoms with Crippen LogP contribution < -0.4 is 4.74 Å². The van der Waals surface area contributed by atoms with Crippen LogP contribution in [0.15, 0.2) is 53.7 Å². The molecule has 0 amide bonds. The summed E-state index contributed by atoms with van der Waals surface area (Å²) in [7, 11) is 0. The van der Waals surface area contributed by atoms with E-state index >= 15 is 0 Å². The Labute approximate surface area is 157 Å². The minimum absolute atomic E-state index is 0.326. The lowest BCUT2D eigenvalue weighted by atomic mass is 10.1. The number of benzene rings is 2. The lowest BCUT2D eigenvalue weighted by Crippen LogP contribution is -2.07. The van der Waals surface area contributed by atoms with Gasteiger partial charge in [-0.25, -0.2) is 0 Å². The Balaban J connectivity index is 1.88. The van der Waals surface area contributed by atoms with Gasteiger partial charge in [0.1, 0.15) is 12.4 Å². The van der Waals surface area contributed by atoms with Gasteiger partial charge >= 0.3 is 0 Å². The van der Waals surface area contributed by atoms with E-state index in [2.05, 4.69) is 16.3 Å². The van der Waals surface area contributed by atoms with E-state index in [9.17, 15) is 0 Å². The van der Waals surface area contributed by atoms with E-state index in [1.807, 2.05) is 66.9 Å². The van der Waals surface area contributed by atoms with Gasteiger partial charge in [-0.1, -0.05) is 48.2 Å². The first-order chi connectivity index (χ1) is 12.7. The number of aromatic nitrogens is 3. The Morgan fingerprint density at radius 2 is 1.77 bits per heavy atom. The van der Waals surface area contributed by atoms with Gasteiger partial charge in [0, 0.05) is 17.9 Å². The van der Waals surface area contributed by atoms with Gasteiger partial charge in [0.05, 0.1) is 6.07 Å². The van der Waals surface area contributed by atoms with Crippen molar-refractivity contribution in [2.75, 3.05) is 5.75 Å². The van der Waals surface area contributed by atoms with Crippen molar-refractivity contribution in [3.8, 4) is 17.5 Å². The normalized spacial score (nSPS) is 10.5. The molecular weight excluding hydrogens is 344 g/mol. The van der Waals surface area contributed by atoms with Crippen molar-refractivity contribution >= 4 is 11.8 Å².